The second-order valence-electron chi connectivity index (χ2n) is 7.92. The number of hydrogen-bond donors (Lipinski definition) is 3. The molecule has 0 unspecified atom stereocenters. The average Bonchev–Trinajstić information content (AvgIpc) is 3.42. The van der Waals surface area contributed by atoms with Crippen LogP contribution in [0.5, 0.6) is 23.0 Å². The largest absolute Gasteiger partial charge is 0.457 e. The van der Waals surface area contributed by atoms with Crippen LogP contribution in [0.2, 0.25) is 5.02 Å². The Balaban J connectivity index is 1.23. The summed E-state index contributed by atoms with van der Waals surface area (Å²) in [6, 6.07) is 16.7. The van der Waals surface area contributed by atoms with E-state index in [-0.39, 0.29) is 11.4 Å². The normalized spacial score (nSPS) is 10.6. The van der Waals surface area contributed by atoms with Crippen LogP contribution in [0.4, 0.5) is 25.0 Å². The monoisotopic (exact) mass is 533 g/mol. The van der Waals surface area contributed by atoms with Gasteiger partial charge in [-0.15, -0.1) is 0 Å². The molecule has 3 aromatic carbocycles. The number of nitrogens with zero attached hydrogens (tertiary/aromatic N) is 2. The van der Waals surface area contributed by atoms with E-state index in [2.05, 4.69) is 25.8 Å². The Kier molecular flexibility index (Phi) is 7.14. The van der Waals surface area contributed by atoms with Crippen molar-refractivity contribution in [3.05, 3.63) is 108 Å². The van der Waals surface area contributed by atoms with Gasteiger partial charge in [-0.1, -0.05) is 11.6 Å². The van der Waals surface area contributed by atoms with Gasteiger partial charge in [0.2, 0.25) is 0 Å². The molecule has 5 rings (SSSR count). The highest BCUT2D eigenvalue weighted by Crippen LogP contribution is 2.30. The van der Waals surface area contributed by atoms with Crippen LogP contribution in [0.1, 0.15) is 0 Å². The zero-order valence-electron chi connectivity index (χ0n) is 19.4. The molecule has 2 aromatic heterocycles. The van der Waals surface area contributed by atoms with E-state index >= 15 is 0 Å². The molecule has 0 bridgehead atoms. The minimum absolute atomic E-state index is 0.0299. The number of nitrogens with one attached hydrogen (secondary N) is 3. The highest BCUT2D eigenvalue weighted by Gasteiger charge is 2.11. The van der Waals surface area contributed by atoms with Crippen molar-refractivity contribution >= 4 is 29.0 Å². The van der Waals surface area contributed by atoms with Crippen molar-refractivity contribution in [1.29, 1.82) is 0 Å². The Bertz CT molecular complexity index is 1580. The van der Waals surface area contributed by atoms with Gasteiger partial charge >= 0.3 is 6.03 Å². The molecule has 5 aromatic rings. The summed E-state index contributed by atoms with van der Waals surface area (Å²) in [6.07, 6.45) is 4.84. The maximum atomic E-state index is 14.7. The summed E-state index contributed by atoms with van der Waals surface area (Å²) in [4.78, 5) is 16.8. The van der Waals surface area contributed by atoms with Crippen molar-refractivity contribution in [3.8, 4) is 34.3 Å². The molecule has 0 aliphatic rings. The Hall–Kier alpha value is -4.96. The number of pyridine rings is 1. The number of anilines is 2. The minimum Gasteiger partial charge on any atom is -0.457 e. The first kappa shape index (κ1) is 24.7. The van der Waals surface area contributed by atoms with Gasteiger partial charge in [-0.3, -0.25) is 10.1 Å². The minimum atomic E-state index is -0.679. The van der Waals surface area contributed by atoms with Gasteiger partial charge in [0.15, 0.2) is 11.6 Å². The van der Waals surface area contributed by atoms with Crippen molar-refractivity contribution in [2.45, 2.75) is 0 Å². The van der Waals surface area contributed by atoms with Gasteiger partial charge in [0.05, 0.1) is 11.9 Å². The van der Waals surface area contributed by atoms with Crippen LogP contribution in [0.25, 0.3) is 11.3 Å². The maximum Gasteiger partial charge on any atom is 0.323 e. The second-order valence-corrected chi connectivity index (χ2v) is 8.36. The summed E-state index contributed by atoms with van der Waals surface area (Å²) >= 11 is 6.14. The molecular weight excluding hydrogens is 516 g/mol. The standard InChI is InChI=1S/C27H18ClF2N5O3/c28-17-9-20(11-23(10-17)37-21-4-1-18(29)2-5-21)35-27(36)34-19-3-6-26(24(30)12-19)38-22-7-8-31-25(13-22)16-14-32-33-15-16/h1-15H,(H,32,33)(H2,34,35,36). The average molecular weight is 534 g/mol. The molecule has 8 nitrogen and oxygen atoms in total. The Morgan fingerprint density at radius 2 is 1.66 bits per heavy atom. The van der Waals surface area contributed by atoms with Crippen molar-refractivity contribution in [2.75, 3.05) is 10.6 Å². The predicted octanol–water partition coefficient (Wildman–Crippen LogP) is 7.63. The smallest absolute Gasteiger partial charge is 0.323 e. The summed E-state index contributed by atoms with van der Waals surface area (Å²) in [5.74, 6) is 0.00817. The van der Waals surface area contributed by atoms with Crippen LogP contribution in [0.3, 0.4) is 0 Å². The lowest BCUT2D eigenvalue weighted by Gasteiger charge is -2.12. The number of hydrogen-bond acceptors (Lipinski definition) is 5. The van der Waals surface area contributed by atoms with E-state index in [1.54, 1.807) is 42.9 Å². The number of aromatic nitrogens is 3. The SMILES string of the molecule is O=C(Nc1cc(Cl)cc(Oc2ccc(F)cc2)c1)Nc1ccc(Oc2ccnc(-c3cn[nH]c3)c2)c(F)c1. The molecule has 190 valence electrons. The molecule has 0 saturated heterocycles. The molecule has 2 amide bonds. The number of ether oxygens (including phenoxy) is 2. The van der Waals surface area contributed by atoms with Crippen molar-refractivity contribution in [3.63, 3.8) is 0 Å². The summed E-state index contributed by atoms with van der Waals surface area (Å²) in [5.41, 5.74) is 1.90. The van der Waals surface area contributed by atoms with E-state index < -0.39 is 17.7 Å². The van der Waals surface area contributed by atoms with E-state index in [1.165, 1.54) is 42.5 Å². The Morgan fingerprint density at radius 3 is 2.42 bits per heavy atom. The second kappa shape index (κ2) is 11.0. The maximum absolute atomic E-state index is 14.7. The molecule has 2 heterocycles. The molecule has 0 saturated carbocycles. The van der Waals surface area contributed by atoms with Crippen molar-refractivity contribution in [1.82, 2.24) is 15.2 Å². The van der Waals surface area contributed by atoms with Crippen molar-refractivity contribution in [2.24, 2.45) is 0 Å². The molecule has 0 aliphatic carbocycles. The van der Waals surface area contributed by atoms with Crippen LogP contribution in [0, 0.1) is 11.6 Å². The van der Waals surface area contributed by atoms with Crippen LogP contribution in [-0.4, -0.2) is 21.2 Å². The highest BCUT2D eigenvalue weighted by molar-refractivity contribution is 6.31. The molecule has 0 atom stereocenters. The van der Waals surface area contributed by atoms with E-state index in [1.807, 2.05) is 0 Å². The number of aromatic amines is 1. The van der Waals surface area contributed by atoms with Gasteiger partial charge in [0.25, 0.3) is 0 Å². The number of halogens is 3. The zero-order chi connectivity index (χ0) is 26.5. The van der Waals surface area contributed by atoms with Gasteiger partial charge < -0.3 is 20.1 Å². The molecule has 11 heteroatoms. The van der Waals surface area contributed by atoms with Crippen LogP contribution >= 0.6 is 11.6 Å². The highest BCUT2D eigenvalue weighted by atomic mass is 35.5. The fourth-order valence-electron chi connectivity index (χ4n) is 3.44. The third-order valence-electron chi connectivity index (χ3n) is 5.12. The number of urea groups is 1. The van der Waals surface area contributed by atoms with E-state index in [0.29, 0.717) is 33.7 Å². The predicted molar refractivity (Wildman–Crippen MR) is 139 cm³/mol. The molecule has 0 spiro atoms. The summed E-state index contributed by atoms with van der Waals surface area (Å²) in [7, 11) is 0. The van der Waals surface area contributed by atoms with E-state index in [4.69, 9.17) is 21.1 Å². The van der Waals surface area contributed by atoms with Crippen LogP contribution in [0.15, 0.2) is 91.4 Å². The molecular formula is C27H18ClF2N5O3. The Morgan fingerprint density at radius 1 is 0.842 bits per heavy atom. The Labute approximate surface area is 220 Å². The first-order chi connectivity index (χ1) is 18.4. The lowest BCUT2D eigenvalue weighted by atomic mass is 10.2. The van der Waals surface area contributed by atoms with Gasteiger partial charge in [-0.2, -0.15) is 5.10 Å². The van der Waals surface area contributed by atoms with Crippen LogP contribution < -0.4 is 20.1 Å². The first-order valence-electron chi connectivity index (χ1n) is 11.2. The lowest BCUT2D eigenvalue weighted by molar-refractivity contribution is 0.262. The summed E-state index contributed by atoms with van der Waals surface area (Å²) in [5, 5.41) is 12.1. The summed E-state index contributed by atoms with van der Waals surface area (Å²) in [6.45, 7) is 0. The van der Waals surface area contributed by atoms with Gasteiger partial charge in [0, 0.05) is 52.6 Å². The molecule has 0 radical (unpaired) electrons. The van der Waals surface area contributed by atoms with Crippen LogP contribution in [-0.2, 0) is 0 Å². The number of carbonyl (C=O) groups excluding carboxylic acids is 1. The fourth-order valence-corrected chi connectivity index (χ4v) is 3.66. The first-order valence-corrected chi connectivity index (χ1v) is 11.5. The number of H-pyrrole nitrogens is 1. The molecule has 38 heavy (non-hydrogen) atoms. The fraction of sp³-hybridized carbons (Fsp3) is 0. The number of amides is 2. The number of benzene rings is 3. The third kappa shape index (κ3) is 6.23. The third-order valence-corrected chi connectivity index (χ3v) is 5.34. The van der Waals surface area contributed by atoms with E-state index in [0.717, 1.165) is 11.6 Å². The zero-order valence-corrected chi connectivity index (χ0v) is 20.2. The van der Waals surface area contributed by atoms with Gasteiger partial charge in [0.1, 0.15) is 23.1 Å². The number of rotatable bonds is 7. The van der Waals surface area contributed by atoms with Crippen molar-refractivity contribution < 1.29 is 23.0 Å². The molecule has 0 fully saturated rings. The van der Waals surface area contributed by atoms with E-state index in [9.17, 15) is 13.6 Å². The lowest BCUT2D eigenvalue weighted by Crippen LogP contribution is -2.19. The molecule has 0 aliphatic heterocycles. The topological polar surface area (TPSA) is 101 Å². The number of carbonyl (C=O) groups is 1. The van der Waals surface area contributed by atoms with Gasteiger partial charge in [-0.05, 0) is 54.6 Å². The molecule has 3 N–H and O–H groups in total. The quantitative estimate of drug-likeness (QED) is 0.200. The van der Waals surface area contributed by atoms with Gasteiger partial charge in [-0.25, -0.2) is 13.6 Å². The summed E-state index contributed by atoms with van der Waals surface area (Å²) < 4.78 is 39.2.